The Bertz CT molecular complexity index is 1240. The molecule has 1 saturated heterocycles. The van der Waals surface area contributed by atoms with Gasteiger partial charge in [-0.05, 0) is 74.2 Å². The number of aromatic nitrogens is 1. The predicted octanol–water partition coefficient (Wildman–Crippen LogP) is 4.88. The third kappa shape index (κ3) is 7.54. The number of benzene rings is 2. The summed E-state index contributed by atoms with van der Waals surface area (Å²) in [4.78, 5) is 16.9. The second-order valence-corrected chi connectivity index (χ2v) is 11.5. The highest BCUT2D eigenvalue weighted by Gasteiger charge is 2.19. The molecule has 8 nitrogen and oxygen atoms in total. The average Bonchev–Trinajstić information content (AvgIpc) is 3.19. The van der Waals surface area contributed by atoms with Gasteiger partial charge < -0.3 is 20.1 Å². The number of carbonyl (C=O) groups is 1. The summed E-state index contributed by atoms with van der Waals surface area (Å²) in [5.41, 5.74) is 1.53. The van der Waals surface area contributed by atoms with E-state index in [0.717, 1.165) is 42.9 Å². The number of thiazole rings is 1. The summed E-state index contributed by atoms with van der Waals surface area (Å²) < 4.78 is 31.6. The largest absolute Gasteiger partial charge is 0.385 e. The van der Waals surface area contributed by atoms with Crippen LogP contribution in [0, 0.1) is 11.8 Å². The number of anilines is 2. The van der Waals surface area contributed by atoms with Crippen LogP contribution in [0.25, 0.3) is 10.2 Å². The van der Waals surface area contributed by atoms with E-state index in [1.807, 2.05) is 0 Å². The number of hydrogen-bond donors (Lipinski definition) is 3. The highest BCUT2D eigenvalue weighted by Crippen LogP contribution is 2.31. The van der Waals surface area contributed by atoms with Gasteiger partial charge in [0.1, 0.15) is 10.6 Å². The molecule has 1 fully saturated rings. The first-order valence-corrected chi connectivity index (χ1v) is 13.7. The maximum absolute atomic E-state index is 12.7. The number of halogens is 1. The first-order chi connectivity index (χ1) is 16.3. The molecule has 0 spiro atoms. The fourth-order valence-corrected chi connectivity index (χ4v) is 5.60. The maximum atomic E-state index is 12.7. The molecule has 2 aromatic carbocycles. The van der Waals surface area contributed by atoms with Crippen molar-refractivity contribution < 1.29 is 17.4 Å². The number of amides is 1. The Morgan fingerprint density at radius 2 is 1.89 bits per heavy atom. The zero-order chi connectivity index (χ0) is 24.1. The van der Waals surface area contributed by atoms with Gasteiger partial charge >= 0.3 is 10.1 Å². The molecule has 0 atom stereocenters. The third-order valence-electron chi connectivity index (χ3n) is 5.60. The summed E-state index contributed by atoms with van der Waals surface area (Å²) in [7, 11) is -3.98. The molecule has 1 aliphatic rings. The van der Waals surface area contributed by atoms with Crippen molar-refractivity contribution in [2.24, 2.45) is 11.8 Å². The Morgan fingerprint density at radius 3 is 2.57 bits per heavy atom. The fraction of sp³-hybridized carbons (Fsp3) is 0.417. The van der Waals surface area contributed by atoms with Gasteiger partial charge in [0.2, 0.25) is 5.91 Å². The first-order valence-electron chi connectivity index (χ1n) is 11.5. The Balaban J connectivity index is 0.00000342. The lowest BCUT2D eigenvalue weighted by molar-refractivity contribution is -0.117. The second-order valence-electron chi connectivity index (χ2n) is 8.93. The fourth-order valence-electron chi connectivity index (χ4n) is 3.76. The van der Waals surface area contributed by atoms with Gasteiger partial charge in [0, 0.05) is 24.7 Å². The molecule has 0 radical (unpaired) electrons. The molecule has 0 saturated carbocycles. The molecule has 0 unspecified atom stereocenters. The SMILES string of the molecule is CC(C)CNc1ccc(S(=O)(=O)Oc2ccc3nc(NC(=O)CC4CCNCC4)sc3c2)cc1.Cl. The van der Waals surface area contributed by atoms with Crippen LogP contribution in [0.3, 0.4) is 0 Å². The lowest BCUT2D eigenvalue weighted by atomic mass is 9.94. The van der Waals surface area contributed by atoms with Crippen molar-refractivity contribution in [3.63, 3.8) is 0 Å². The van der Waals surface area contributed by atoms with Gasteiger partial charge in [0.05, 0.1) is 10.2 Å². The number of piperidine rings is 1. The van der Waals surface area contributed by atoms with Crippen LogP contribution in [0.5, 0.6) is 5.75 Å². The second kappa shape index (κ2) is 12.0. The van der Waals surface area contributed by atoms with Crippen LogP contribution in [0.15, 0.2) is 47.4 Å². The zero-order valence-corrected chi connectivity index (χ0v) is 22.2. The van der Waals surface area contributed by atoms with Gasteiger partial charge in [-0.15, -0.1) is 12.4 Å². The van der Waals surface area contributed by atoms with E-state index in [0.29, 0.717) is 28.9 Å². The molecule has 190 valence electrons. The van der Waals surface area contributed by atoms with Crippen molar-refractivity contribution in [3.05, 3.63) is 42.5 Å². The highest BCUT2D eigenvalue weighted by atomic mass is 35.5. The van der Waals surface area contributed by atoms with E-state index in [1.54, 1.807) is 30.3 Å². The highest BCUT2D eigenvalue weighted by molar-refractivity contribution is 7.87. The lowest BCUT2D eigenvalue weighted by Gasteiger charge is -2.21. The van der Waals surface area contributed by atoms with Gasteiger partial charge in [-0.3, -0.25) is 4.79 Å². The van der Waals surface area contributed by atoms with E-state index in [9.17, 15) is 13.2 Å². The van der Waals surface area contributed by atoms with E-state index in [2.05, 4.69) is 34.8 Å². The Hall–Kier alpha value is -2.40. The zero-order valence-electron chi connectivity index (χ0n) is 19.7. The van der Waals surface area contributed by atoms with Crippen LogP contribution in [0.1, 0.15) is 33.1 Å². The molecular formula is C24H31ClN4O4S2. The summed E-state index contributed by atoms with van der Waals surface area (Å²) in [6.07, 6.45) is 2.48. The summed E-state index contributed by atoms with van der Waals surface area (Å²) in [5.74, 6) is 1.03. The van der Waals surface area contributed by atoms with Crippen LogP contribution in [-0.2, 0) is 14.9 Å². The number of nitrogens with zero attached hydrogens (tertiary/aromatic N) is 1. The number of rotatable bonds is 9. The molecule has 4 rings (SSSR count). The minimum absolute atomic E-state index is 0. The maximum Gasteiger partial charge on any atom is 0.339 e. The lowest BCUT2D eigenvalue weighted by Crippen LogP contribution is -2.30. The molecule has 11 heteroatoms. The van der Waals surface area contributed by atoms with Crippen molar-refractivity contribution in [1.82, 2.24) is 10.3 Å². The van der Waals surface area contributed by atoms with Crippen LogP contribution in [-0.4, -0.2) is 38.9 Å². The number of carbonyl (C=O) groups excluding carboxylic acids is 1. The van der Waals surface area contributed by atoms with Gasteiger partial charge in [-0.25, -0.2) is 4.98 Å². The molecule has 1 aromatic heterocycles. The number of nitrogens with one attached hydrogen (secondary N) is 3. The number of fused-ring (bicyclic) bond motifs is 1. The molecule has 2 heterocycles. The van der Waals surface area contributed by atoms with E-state index >= 15 is 0 Å². The minimum Gasteiger partial charge on any atom is -0.385 e. The predicted molar refractivity (Wildman–Crippen MR) is 143 cm³/mol. The standard InChI is InChI=1S/C24H30N4O4S2.ClH/c1-16(2)15-26-18-3-6-20(7-4-18)34(30,31)32-19-5-8-21-22(14-19)33-24(27-21)28-23(29)13-17-9-11-25-12-10-17;/h3-8,14,16-17,25-26H,9-13,15H2,1-2H3,(H,27,28,29);1H. The molecule has 0 bridgehead atoms. The van der Waals surface area contributed by atoms with E-state index in [-0.39, 0.29) is 29.0 Å². The van der Waals surface area contributed by atoms with Gasteiger partial charge in [0.25, 0.3) is 0 Å². The minimum atomic E-state index is -3.98. The summed E-state index contributed by atoms with van der Waals surface area (Å²) >= 11 is 1.29. The van der Waals surface area contributed by atoms with Crippen molar-refractivity contribution in [3.8, 4) is 5.75 Å². The van der Waals surface area contributed by atoms with Crippen molar-refractivity contribution >= 4 is 60.8 Å². The van der Waals surface area contributed by atoms with Crippen LogP contribution >= 0.6 is 23.7 Å². The Kier molecular flexibility index (Phi) is 9.34. The summed E-state index contributed by atoms with van der Waals surface area (Å²) in [6, 6.07) is 11.4. The molecular weight excluding hydrogens is 508 g/mol. The summed E-state index contributed by atoms with van der Waals surface area (Å²) in [6.45, 7) is 6.91. The van der Waals surface area contributed by atoms with Crippen LogP contribution < -0.4 is 20.1 Å². The van der Waals surface area contributed by atoms with Crippen LogP contribution in [0.4, 0.5) is 10.8 Å². The molecule has 3 aromatic rings. The molecule has 35 heavy (non-hydrogen) atoms. The topological polar surface area (TPSA) is 109 Å². The van der Waals surface area contributed by atoms with Gasteiger partial charge in [0.15, 0.2) is 5.13 Å². The van der Waals surface area contributed by atoms with Gasteiger partial charge in [-0.2, -0.15) is 8.42 Å². The smallest absolute Gasteiger partial charge is 0.339 e. The third-order valence-corrected chi connectivity index (χ3v) is 7.80. The first kappa shape index (κ1) is 27.2. The monoisotopic (exact) mass is 538 g/mol. The molecule has 1 aliphatic heterocycles. The summed E-state index contributed by atoms with van der Waals surface area (Å²) in [5, 5.41) is 9.93. The van der Waals surface area contributed by atoms with E-state index in [1.165, 1.54) is 23.5 Å². The quantitative estimate of drug-likeness (QED) is 0.333. The van der Waals surface area contributed by atoms with Crippen LogP contribution in [0.2, 0.25) is 0 Å². The van der Waals surface area contributed by atoms with Crippen molar-refractivity contribution in [1.29, 1.82) is 0 Å². The van der Waals surface area contributed by atoms with Crippen molar-refractivity contribution in [2.75, 3.05) is 30.3 Å². The molecule has 3 N–H and O–H groups in total. The average molecular weight is 539 g/mol. The van der Waals surface area contributed by atoms with E-state index < -0.39 is 10.1 Å². The van der Waals surface area contributed by atoms with Crippen molar-refractivity contribution in [2.45, 2.75) is 38.0 Å². The number of hydrogen-bond acceptors (Lipinski definition) is 8. The Morgan fingerprint density at radius 1 is 1.17 bits per heavy atom. The van der Waals surface area contributed by atoms with Gasteiger partial charge in [-0.1, -0.05) is 25.2 Å². The van der Waals surface area contributed by atoms with E-state index in [4.69, 9.17) is 4.18 Å². The molecule has 1 amide bonds. The Labute approximate surface area is 216 Å². The normalized spacial score (nSPS) is 14.5. The molecule has 0 aliphatic carbocycles.